The molecule has 4 rings (SSSR count). The molecule has 6 heteroatoms. The number of hydrogen-bond donors (Lipinski definition) is 1. The van der Waals surface area contributed by atoms with E-state index >= 15 is 0 Å². The number of amides is 2. The Hall–Kier alpha value is -2.34. The van der Waals surface area contributed by atoms with E-state index in [0.29, 0.717) is 6.54 Å². The number of hydrogen-bond acceptors (Lipinski definition) is 4. The molecule has 0 spiro atoms. The molecule has 5 nitrogen and oxygen atoms in total. The van der Waals surface area contributed by atoms with E-state index in [0.717, 1.165) is 47.5 Å². The van der Waals surface area contributed by atoms with Gasteiger partial charge in [-0.25, -0.2) is 0 Å². The fourth-order valence-corrected chi connectivity index (χ4v) is 4.98. The molecule has 30 heavy (non-hydrogen) atoms. The van der Waals surface area contributed by atoms with E-state index in [1.165, 1.54) is 30.6 Å². The van der Waals surface area contributed by atoms with Gasteiger partial charge in [-0.05, 0) is 60.9 Å². The lowest BCUT2D eigenvalue weighted by Crippen LogP contribution is -2.41. The van der Waals surface area contributed by atoms with Crippen molar-refractivity contribution in [2.45, 2.75) is 57.5 Å². The zero-order chi connectivity index (χ0) is 21.1. The summed E-state index contributed by atoms with van der Waals surface area (Å²) < 4.78 is 0. The topological polar surface area (TPSA) is 52.7 Å². The normalized spacial score (nSPS) is 16.9. The molecule has 2 amide bonds. The lowest BCUT2D eigenvalue weighted by molar-refractivity contribution is -0.117. The molecule has 0 aliphatic heterocycles. The summed E-state index contributed by atoms with van der Waals surface area (Å²) in [5.41, 5.74) is 2.97. The molecule has 1 N–H and O–H groups in total. The molecule has 2 aliphatic rings. The van der Waals surface area contributed by atoms with Crippen molar-refractivity contribution in [1.29, 1.82) is 0 Å². The quantitative estimate of drug-likeness (QED) is 0.668. The molecule has 2 saturated carbocycles. The van der Waals surface area contributed by atoms with Crippen LogP contribution in [-0.4, -0.2) is 36.9 Å². The minimum absolute atomic E-state index is 0.109. The van der Waals surface area contributed by atoms with E-state index in [4.69, 9.17) is 0 Å². The van der Waals surface area contributed by atoms with E-state index in [9.17, 15) is 9.59 Å². The van der Waals surface area contributed by atoms with Crippen molar-refractivity contribution in [3.63, 3.8) is 0 Å². The first-order chi connectivity index (χ1) is 14.5. The number of benzene rings is 1. The van der Waals surface area contributed by atoms with E-state index in [1.54, 1.807) is 0 Å². The van der Waals surface area contributed by atoms with Gasteiger partial charge in [0.15, 0.2) is 0 Å². The minimum atomic E-state index is 0.109. The summed E-state index contributed by atoms with van der Waals surface area (Å²) in [6.07, 6.45) is 7.70. The second kappa shape index (κ2) is 9.21. The van der Waals surface area contributed by atoms with E-state index in [-0.39, 0.29) is 23.8 Å². The lowest BCUT2D eigenvalue weighted by atomic mass is 9.93. The van der Waals surface area contributed by atoms with Crippen LogP contribution in [0, 0.1) is 5.92 Å². The van der Waals surface area contributed by atoms with Crippen molar-refractivity contribution in [3.8, 4) is 0 Å². The van der Waals surface area contributed by atoms with Gasteiger partial charge in [0.25, 0.3) is 5.91 Å². The summed E-state index contributed by atoms with van der Waals surface area (Å²) in [5, 5.41) is 5.02. The molecule has 160 valence electrons. The molecule has 0 atom stereocenters. The summed E-state index contributed by atoms with van der Waals surface area (Å²) in [4.78, 5) is 30.6. The van der Waals surface area contributed by atoms with Crippen LogP contribution in [0.15, 0.2) is 35.7 Å². The Kier molecular flexibility index (Phi) is 6.42. The number of anilines is 2. The van der Waals surface area contributed by atoms with Gasteiger partial charge >= 0.3 is 0 Å². The van der Waals surface area contributed by atoms with Crippen LogP contribution >= 0.6 is 11.3 Å². The van der Waals surface area contributed by atoms with Crippen molar-refractivity contribution in [1.82, 2.24) is 4.90 Å². The van der Waals surface area contributed by atoms with Crippen molar-refractivity contribution < 1.29 is 9.59 Å². The average Bonchev–Trinajstić information content (AvgIpc) is 3.46. The lowest BCUT2D eigenvalue weighted by Gasteiger charge is -2.35. The molecule has 0 radical (unpaired) electrons. The van der Waals surface area contributed by atoms with Gasteiger partial charge in [0, 0.05) is 44.0 Å². The maximum atomic E-state index is 13.4. The van der Waals surface area contributed by atoms with E-state index in [2.05, 4.69) is 15.1 Å². The number of nitrogens with one attached hydrogen (secondary N) is 1. The van der Waals surface area contributed by atoms with Crippen molar-refractivity contribution in [2.75, 3.05) is 24.3 Å². The number of rotatable bonds is 7. The average molecular weight is 426 g/mol. The minimum Gasteiger partial charge on any atom is -0.377 e. The highest BCUT2D eigenvalue weighted by Crippen LogP contribution is 2.33. The third-order valence-electron chi connectivity index (χ3n) is 6.13. The molecule has 0 unspecified atom stereocenters. The highest BCUT2D eigenvalue weighted by atomic mass is 32.1. The van der Waals surface area contributed by atoms with Gasteiger partial charge in [-0.15, -0.1) is 11.3 Å². The third-order valence-corrected chi connectivity index (χ3v) is 6.98. The highest BCUT2D eigenvalue weighted by Gasteiger charge is 2.30. The molecular weight excluding hydrogens is 394 g/mol. The third kappa shape index (κ3) is 4.86. The summed E-state index contributed by atoms with van der Waals surface area (Å²) in [6.45, 7) is 0.558. The standard InChI is InChI=1S/C24H31N3O2S/c1-26(2)21-13-12-19(25-23(28)17-10-11-17)15-18(21)16-27(20-7-4-3-5-8-20)24(29)22-9-6-14-30-22/h6,9,12-15,17,20H,3-5,7-8,10-11,16H2,1-2H3,(H,25,28). The largest absolute Gasteiger partial charge is 0.377 e. The van der Waals surface area contributed by atoms with Crippen LogP contribution in [0.4, 0.5) is 11.4 Å². The van der Waals surface area contributed by atoms with Gasteiger partial charge in [-0.3, -0.25) is 9.59 Å². The van der Waals surface area contributed by atoms with Crippen LogP contribution in [0.5, 0.6) is 0 Å². The van der Waals surface area contributed by atoms with Crippen LogP contribution in [0.2, 0.25) is 0 Å². The summed E-state index contributed by atoms with van der Waals surface area (Å²) >= 11 is 1.51. The second-order valence-corrected chi connectivity index (χ2v) is 9.65. The molecule has 2 aliphatic carbocycles. The van der Waals surface area contributed by atoms with Crippen molar-refractivity contribution in [2.24, 2.45) is 5.92 Å². The number of nitrogens with zero attached hydrogens (tertiary/aromatic N) is 2. The maximum absolute atomic E-state index is 13.4. The Balaban J connectivity index is 1.62. The van der Waals surface area contributed by atoms with Gasteiger partial charge in [-0.2, -0.15) is 0 Å². The fourth-order valence-electron chi connectivity index (χ4n) is 4.30. The first-order valence-electron chi connectivity index (χ1n) is 11.0. The second-order valence-electron chi connectivity index (χ2n) is 8.70. The van der Waals surface area contributed by atoms with Gasteiger partial charge in [-0.1, -0.05) is 25.3 Å². The molecule has 1 heterocycles. The van der Waals surface area contributed by atoms with Crippen LogP contribution in [-0.2, 0) is 11.3 Å². The summed E-state index contributed by atoms with van der Waals surface area (Å²) in [5.74, 6) is 0.396. The monoisotopic (exact) mass is 425 g/mol. The van der Waals surface area contributed by atoms with Crippen LogP contribution < -0.4 is 10.2 Å². The number of carbonyl (C=O) groups excluding carboxylic acids is 2. The van der Waals surface area contributed by atoms with E-state index in [1.807, 2.05) is 49.8 Å². The Labute approximate surface area is 183 Å². The molecule has 1 aromatic carbocycles. The molecule has 0 bridgehead atoms. The molecular formula is C24H31N3O2S. The van der Waals surface area contributed by atoms with Gasteiger partial charge in [0.1, 0.15) is 0 Å². The fraction of sp³-hybridized carbons (Fsp3) is 0.500. The number of carbonyl (C=O) groups is 2. The zero-order valence-electron chi connectivity index (χ0n) is 17.9. The van der Waals surface area contributed by atoms with Gasteiger partial charge in [0.2, 0.25) is 5.91 Å². The van der Waals surface area contributed by atoms with Crippen LogP contribution in [0.1, 0.15) is 60.2 Å². The van der Waals surface area contributed by atoms with Gasteiger partial charge in [0.05, 0.1) is 4.88 Å². The first kappa shape index (κ1) is 20.9. The molecule has 0 saturated heterocycles. The SMILES string of the molecule is CN(C)c1ccc(NC(=O)C2CC2)cc1CN(C(=O)c1cccs1)C1CCCCC1. The Bertz CT molecular complexity index is 884. The highest BCUT2D eigenvalue weighted by molar-refractivity contribution is 7.12. The number of thiophene rings is 1. The predicted octanol–water partition coefficient (Wildman–Crippen LogP) is 5.14. The zero-order valence-corrected chi connectivity index (χ0v) is 18.7. The van der Waals surface area contributed by atoms with Crippen LogP contribution in [0.3, 0.4) is 0 Å². The molecule has 2 fully saturated rings. The van der Waals surface area contributed by atoms with Crippen molar-refractivity contribution >= 4 is 34.5 Å². The first-order valence-corrected chi connectivity index (χ1v) is 11.9. The van der Waals surface area contributed by atoms with E-state index < -0.39 is 0 Å². The Morgan fingerprint density at radius 3 is 2.47 bits per heavy atom. The van der Waals surface area contributed by atoms with Crippen molar-refractivity contribution in [3.05, 3.63) is 46.2 Å². The van der Waals surface area contributed by atoms with Gasteiger partial charge < -0.3 is 15.1 Å². The predicted molar refractivity (Wildman–Crippen MR) is 123 cm³/mol. The maximum Gasteiger partial charge on any atom is 0.264 e. The summed E-state index contributed by atoms with van der Waals surface area (Å²) in [6, 6.07) is 10.2. The van der Waals surface area contributed by atoms with Crippen LogP contribution in [0.25, 0.3) is 0 Å². The molecule has 1 aromatic heterocycles. The Morgan fingerprint density at radius 2 is 1.83 bits per heavy atom. The summed E-state index contributed by atoms with van der Waals surface area (Å²) in [7, 11) is 4.04. The molecule has 2 aromatic rings. The Morgan fingerprint density at radius 1 is 1.07 bits per heavy atom. The smallest absolute Gasteiger partial charge is 0.264 e.